The number of carbonyl (C=O) groups is 1. The third-order valence-electron chi connectivity index (χ3n) is 2.22. The molecule has 1 atom stereocenters. The lowest BCUT2D eigenvalue weighted by molar-refractivity contribution is -0.119. The number of rotatable bonds is 6. The molecule has 1 unspecified atom stereocenters. The van der Waals surface area contributed by atoms with E-state index in [-0.39, 0.29) is 29.2 Å². The summed E-state index contributed by atoms with van der Waals surface area (Å²) in [6.07, 6.45) is 0.474. The first-order valence-electron chi connectivity index (χ1n) is 5.51. The quantitative estimate of drug-likeness (QED) is 0.780. The summed E-state index contributed by atoms with van der Waals surface area (Å²) < 4.78 is 25.9. The predicted octanol–water partition coefficient (Wildman–Crippen LogP) is 1.94. The van der Waals surface area contributed by atoms with Crippen LogP contribution in [0.5, 0.6) is 0 Å². The zero-order valence-electron chi connectivity index (χ0n) is 9.95. The van der Waals surface area contributed by atoms with Crippen molar-refractivity contribution in [3.8, 4) is 0 Å². The second-order valence-electron chi connectivity index (χ2n) is 3.84. The number of thioether (sulfide) groups is 1. The highest BCUT2D eigenvalue weighted by atomic mass is 32.2. The molecule has 1 amide bonds. The van der Waals surface area contributed by atoms with Crippen LogP contribution in [0, 0.1) is 11.6 Å². The molecule has 18 heavy (non-hydrogen) atoms. The summed E-state index contributed by atoms with van der Waals surface area (Å²) in [5.41, 5.74) is 0. The molecule has 6 heteroatoms. The molecule has 0 radical (unpaired) electrons. The van der Waals surface area contributed by atoms with E-state index in [4.69, 9.17) is 5.11 Å². The molecule has 0 bridgehead atoms. The van der Waals surface area contributed by atoms with Crippen LogP contribution in [0.25, 0.3) is 0 Å². The van der Waals surface area contributed by atoms with Gasteiger partial charge in [0, 0.05) is 23.6 Å². The van der Waals surface area contributed by atoms with Gasteiger partial charge in [0.05, 0.1) is 5.75 Å². The van der Waals surface area contributed by atoms with Gasteiger partial charge in [0.15, 0.2) is 0 Å². The molecule has 0 aliphatic rings. The summed E-state index contributed by atoms with van der Waals surface area (Å²) in [5.74, 6) is -1.50. The number of carbonyl (C=O) groups excluding carboxylic acids is 1. The van der Waals surface area contributed by atoms with Crippen molar-refractivity contribution in [1.29, 1.82) is 0 Å². The molecule has 0 aromatic heterocycles. The molecule has 0 aliphatic heterocycles. The molecule has 0 aliphatic carbocycles. The van der Waals surface area contributed by atoms with E-state index in [0.29, 0.717) is 6.42 Å². The van der Waals surface area contributed by atoms with Crippen LogP contribution in [0.15, 0.2) is 23.1 Å². The summed E-state index contributed by atoms with van der Waals surface area (Å²) in [6.45, 7) is 1.78. The molecular formula is C12H15F2NO2S. The van der Waals surface area contributed by atoms with Crippen molar-refractivity contribution in [2.45, 2.75) is 24.3 Å². The maximum atomic E-state index is 13.3. The van der Waals surface area contributed by atoms with Gasteiger partial charge in [-0.25, -0.2) is 8.78 Å². The van der Waals surface area contributed by atoms with E-state index in [2.05, 4.69) is 5.32 Å². The van der Waals surface area contributed by atoms with Gasteiger partial charge in [-0.3, -0.25) is 4.79 Å². The SMILES string of the molecule is CC(CCO)NC(=O)CSc1ccc(F)cc1F. The summed E-state index contributed by atoms with van der Waals surface area (Å²) in [4.78, 5) is 11.7. The fourth-order valence-corrected chi connectivity index (χ4v) is 2.05. The third kappa shape index (κ3) is 5.01. The van der Waals surface area contributed by atoms with Crippen LogP contribution in [0.2, 0.25) is 0 Å². The van der Waals surface area contributed by atoms with Crippen LogP contribution in [0.1, 0.15) is 13.3 Å². The number of aliphatic hydroxyl groups excluding tert-OH is 1. The molecule has 3 nitrogen and oxygen atoms in total. The number of benzene rings is 1. The highest BCUT2D eigenvalue weighted by molar-refractivity contribution is 8.00. The smallest absolute Gasteiger partial charge is 0.230 e. The van der Waals surface area contributed by atoms with Gasteiger partial charge in [0.1, 0.15) is 11.6 Å². The Kier molecular flexibility index (Phi) is 6.07. The number of halogens is 2. The van der Waals surface area contributed by atoms with Crippen molar-refractivity contribution in [2.75, 3.05) is 12.4 Å². The Hall–Kier alpha value is -1.14. The van der Waals surface area contributed by atoms with Crippen LogP contribution in [-0.2, 0) is 4.79 Å². The van der Waals surface area contributed by atoms with Gasteiger partial charge in [-0.15, -0.1) is 11.8 Å². The molecule has 0 fully saturated rings. The zero-order chi connectivity index (χ0) is 13.5. The minimum Gasteiger partial charge on any atom is -0.396 e. The van der Waals surface area contributed by atoms with Gasteiger partial charge in [-0.05, 0) is 25.5 Å². The van der Waals surface area contributed by atoms with E-state index in [1.165, 1.54) is 6.07 Å². The average molecular weight is 275 g/mol. The van der Waals surface area contributed by atoms with Gasteiger partial charge >= 0.3 is 0 Å². The van der Waals surface area contributed by atoms with Gasteiger partial charge in [0.2, 0.25) is 5.91 Å². The Labute approximate surface area is 109 Å². The number of hydrogen-bond donors (Lipinski definition) is 2. The lowest BCUT2D eigenvalue weighted by Crippen LogP contribution is -2.34. The molecular weight excluding hydrogens is 260 g/mol. The Balaban J connectivity index is 2.42. The molecule has 100 valence electrons. The average Bonchev–Trinajstić information content (AvgIpc) is 2.28. The normalized spacial score (nSPS) is 12.2. The van der Waals surface area contributed by atoms with E-state index in [1.807, 2.05) is 0 Å². The highest BCUT2D eigenvalue weighted by Gasteiger charge is 2.10. The van der Waals surface area contributed by atoms with Gasteiger partial charge in [0.25, 0.3) is 0 Å². The molecule has 1 aromatic rings. The number of amides is 1. The summed E-state index contributed by atoms with van der Waals surface area (Å²) in [5, 5.41) is 11.3. The van der Waals surface area contributed by atoms with Crippen molar-refractivity contribution in [3.63, 3.8) is 0 Å². The summed E-state index contributed by atoms with van der Waals surface area (Å²) in [7, 11) is 0. The topological polar surface area (TPSA) is 49.3 Å². The molecule has 0 saturated heterocycles. The predicted molar refractivity (Wildman–Crippen MR) is 66.4 cm³/mol. The van der Waals surface area contributed by atoms with Crippen LogP contribution >= 0.6 is 11.8 Å². The standard InChI is InChI=1S/C12H15F2NO2S/c1-8(4-5-16)15-12(17)7-18-11-3-2-9(13)6-10(11)14/h2-3,6,8,16H,4-5,7H2,1H3,(H,15,17). The van der Waals surface area contributed by atoms with Crippen LogP contribution in [-0.4, -0.2) is 29.4 Å². The number of aliphatic hydroxyl groups is 1. The molecule has 0 heterocycles. The van der Waals surface area contributed by atoms with Crippen LogP contribution in [0.3, 0.4) is 0 Å². The van der Waals surface area contributed by atoms with E-state index >= 15 is 0 Å². The second kappa shape index (κ2) is 7.33. The van der Waals surface area contributed by atoms with Gasteiger partial charge in [-0.2, -0.15) is 0 Å². The number of nitrogens with one attached hydrogen (secondary N) is 1. The highest BCUT2D eigenvalue weighted by Crippen LogP contribution is 2.21. The lowest BCUT2D eigenvalue weighted by atomic mass is 10.2. The van der Waals surface area contributed by atoms with E-state index < -0.39 is 11.6 Å². The first-order valence-corrected chi connectivity index (χ1v) is 6.49. The van der Waals surface area contributed by atoms with Gasteiger partial charge < -0.3 is 10.4 Å². The molecule has 0 saturated carbocycles. The molecule has 2 N–H and O–H groups in total. The van der Waals surface area contributed by atoms with Crippen LogP contribution < -0.4 is 5.32 Å². The Morgan fingerprint density at radius 1 is 1.50 bits per heavy atom. The van der Waals surface area contributed by atoms with E-state index in [0.717, 1.165) is 23.9 Å². The molecule has 1 aromatic carbocycles. The van der Waals surface area contributed by atoms with Crippen LogP contribution in [0.4, 0.5) is 8.78 Å². The Bertz CT molecular complexity index is 415. The van der Waals surface area contributed by atoms with Crippen molar-refractivity contribution in [2.24, 2.45) is 0 Å². The Morgan fingerprint density at radius 3 is 2.83 bits per heavy atom. The maximum Gasteiger partial charge on any atom is 0.230 e. The minimum atomic E-state index is -0.670. The fourth-order valence-electron chi connectivity index (χ4n) is 1.32. The fraction of sp³-hybridized carbons (Fsp3) is 0.417. The van der Waals surface area contributed by atoms with Gasteiger partial charge in [-0.1, -0.05) is 0 Å². The monoisotopic (exact) mass is 275 g/mol. The molecule has 1 rings (SSSR count). The summed E-state index contributed by atoms with van der Waals surface area (Å²) >= 11 is 1.01. The van der Waals surface area contributed by atoms with Crippen molar-refractivity contribution >= 4 is 17.7 Å². The number of hydrogen-bond acceptors (Lipinski definition) is 3. The first-order chi connectivity index (χ1) is 8.52. The Morgan fingerprint density at radius 2 is 2.22 bits per heavy atom. The van der Waals surface area contributed by atoms with E-state index in [9.17, 15) is 13.6 Å². The first kappa shape index (κ1) is 14.9. The third-order valence-corrected chi connectivity index (χ3v) is 3.27. The van der Waals surface area contributed by atoms with Crippen molar-refractivity contribution in [3.05, 3.63) is 29.8 Å². The van der Waals surface area contributed by atoms with Crippen molar-refractivity contribution in [1.82, 2.24) is 5.32 Å². The second-order valence-corrected chi connectivity index (χ2v) is 4.86. The summed E-state index contributed by atoms with van der Waals surface area (Å²) in [6, 6.07) is 3.12. The minimum absolute atomic E-state index is 0.00117. The van der Waals surface area contributed by atoms with E-state index in [1.54, 1.807) is 6.92 Å². The molecule has 0 spiro atoms. The largest absolute Gasteiger partial charge is 0.396 e. The maximum absolute atomic E-state index is 13.3. The zero-order valence-corrected chi connectivity index (χ0v) is 10.8. The lowest BCUT2D eigenvalue weighted by Gasteiger charge is -2.12. The van der Waals surface area contributed by atoms with Crippen molar-refractivity contribution < 1.29 is 18.7 Å².